The minimum Gasteiger partial charge on any atom is -0.311 e. The Hall–Kier alpha value is -7.60. The Morgan fingerprint density at radius 3 is 1.47 bits per heavy atom. The average molecular weight is 1020 g/mol. The molecular formula is C72H70BN3S. The van der Waals surface area contributed by atoms with Gasteiger partial charge in [-0.25, -0.2) is 0 Å². The molecule has 0 saturated carbocycles. The zero-order valence-electron chi connectivity index (χ0n) is 47.0. The topological polar surface area (TPSA) is 9.72 Å². The second-order valence-electron chi connectivity index (χ2n) is 25.5. The molecule has 0 amide bonds. The van der Waals surface area contributed by atoms with Crippen LogP contribution in [0.4, 0.5) is 51.2 Å². The van der Waals surface area contributed by atoms with Crippen LogP contribution in [0.5, 0.6) is 0 Å². The summed E-state index contributed by atoms with van der Waals surface area (Å²) in [6.45, 7) is 27.7. The van der Waals surface area contributed by atoms with E-state index in [1.54, 1.807) is 0 Å². The molecule has 0 N–H and O–H groups in total. The van der Waals surface area contributed by atoms with Gasteiger partial charge in [-0.3, -0.25) is 0 Å². The summed E-state index contributed by atoms with van der Waals surface area (Å²) in [5.41, 5.74) is 23.2. The number of rotatable bonds is 7. The molecule has 10 aromatic rings. The first-order valence-corrected chi connectivity index (χ1v) is 28.3. The minimum atomic E-state index is -0.0569. The number of nitrogens with zero attached hydrogens (tertiary/aromatic N) is 3. The van der Waals surface area contributed by atoms with Gasteiger partial charge in [0.15, 0.2) is 0 Å². The molecule has 5 heteroatoms. The third-order valence-electron chi connectivity index (χ3n) is 16.1. The zero-order valence-corrected chi connectivity index (χ0v) is 47.8. The number of benzene rings is 9. The quantitative estimate of drug-likeness (QED) is 0.147. The van der Waals surface area contributed by atoms with Crippen molar-refractivity contribution in [3.05, 3.63) is 229 Å². The molecule has 0 spiro atoms. The van der Waals surface area contributed by atoms with E-state index in [4.69, 9.17) is 0 Å². The molecule has 0 radical (unpaired) electrons. The van der Waals surface area contributed by atoms with E-state index >= 15 is 0 Å². The summed E-state index contributed by atoms with van der Waals surface area (Å²) < 4.78 is 2.68. The van der Waals surface area contributed by atoms with Crippen LogP contribution in [0.2, 0.25) is 0 Å². The van der Waals surface area contributed by atoms with Crippen molar-refractivity contribution in [2.75, 3.05) is 14.7 Å². The molecule has 1 aromatic heterocycles. The molecule has 0 unspecified atom stereocenters. The molecule has 3 nitrogen and oxygen atoms in total. The Bertz CT molecular complexity index is 3830. The first-order valence-electron chi connectivity index (χ1n) is 27.5. The molecule has 2 aliphatic heterocycles. The van der Waals surface area contributed by atoms with Crippen molar-refractivity contribution in [3.8, 4) is 22.3 Å². The molecule has 0 aliphatic carbocycles. The minimum absolute atomic E-state index is 0.0173. The lowest BCUT2D eigenvalue weighted by molar-refractivity contribution is 0.590. The van der Waals surface area contributed by atoms with Crippen LogP contribution in [0.1, 0.15) is 105 Å². The number of hydrogen-bond donors (Lipinski definition) is 0. The van der Waals surface area contributed by atoms with Crippen molar-refractivity contribution in [2.24, 2.45) is 0 Å². The molecule has 3 heterocycles. The zero-order chi connectivity index (χ0) is 53.8. The van der Waals surface area contributed by atoms with Crippen LogP contribution in [0, 0.1) is 0 Å². The first kappa shape index (κ1) is 50.2. The summed E-state index contributed by atoms with van der Waals surface area (Å²) >= 11 is 1.97. The van der Waals surface area contributed by atoms with Gasteiger partial charge in [-0.2, -0.15) is 0 Å². The summed E-state index contributed by atoms with van der Waals surface area (Å²) in [6, 6.07) is 78.3. The standard InChI is InChI=1S/C72H70BN3S/c1-69(2,3)50-28-36-55(37-29-50)74(54-34-26-48(27-35-54)47-20-15-13-16-21-47)57-40-41-60-64(46-57)76(61-42-32-52(71(7,8)9)44-58(61)49-22-17-14-18-23-49)63-25-19-24-62-66(63)73(60)68-67(59-45-53(72(10,11)12)33-43-65(59)77-68)75(62)56-38-30-51(31-39-56)70(4,5)6/h13-46H,1-12H3. The van der Waals surface area contributed by atoms with Gasteiger partial charge >= 0.3 is 0 Å². The van der Waals surface area contributed by atoms with E-state index in [-0.39, 0.29) is 28.4 Å². The Labute approximate surface area is 462 Å². The predicted octanol–water partition coefficient (Wildman–Crippen LogP) is 19.0. The smallest absolute Gasteiger partial charge is 0.264 e. The lowest BCUT2D eigenvalue weighted by Gasteiger charge is -2.44. The number of thiophene rings is 1. The maximum absolute atomic E-state index is 2.61. The maximum Gasteiger partial charge on any atom is 0.264 e. The van der Waals surface area contributed by atoms with Crippen molar-refractivity contribution >= 4 is 95.0 Å². The summed E-state index contributed by atoms with van der Waals surface area (Å²) in [5, 5.41) is 1.31. The summed E-state index contributed by atoms with van der Waals surface area (Å²) in [4.78, 5) is 7.66. The van der Waals surface area contributed by atoms with Crippen molar-refractivity contribution in [2.45, 2.75) is 105 Å². The monoisotopic (exact) mass is 1020 g/mol. The Morgan fingerprint density at radius 1 is 0.377 bits per heavy atom. The fourth-order valence-electron chi connectivity index (χ4n) is 11.7. The maximum atomic E-state index is 2.61. The number of fused-ring (bicyclic) bond motifs is 6. The van der Waals surface area contributed by atoms with E-state index in [9.17, 15) is 0 Å². The lowest BCUT2D eigenvalue weighted by atomic mass is 9.36. The van der Waals surface area contributed by atoms with Gasteiger partial charge in [0, 0.05) is 60.2 Å². The molecular weight excluding hydrogens is 950 g/mol. The molecule has 77 heavy (non-hydrogen) atoms. The van der Waals surface area contributed by atoms with E-state index in [0.717, 1.165) is 22.7 Å². The van der Waals surface area contributed by atoms with E-state index in [1.807, 2.05) is 11.3 Å². The second kappa shape index (κ2) is 18.6. The van der Waals surface area contributed by atoms with Crippen molar-refractivity contribution in [3.63, 3.8) is 0 Å². The van der Waals surface area contributed by atoms with Crippen molar-refractivity contribution in [1.82, 2.24) is 0 Å². The highest BCUT2D eigenvalue weighted by molar-refractivity contribution is 7.33. The molecule has 2 aliphatic rings. The summed E-state index contributed by atoms with van der Waals surface area (Å²) in [7, 11) is 0. The highest BCUT2D eigenvalue weighted by atomic mass is 32.1. The molecule has 0 atom stereocenters. The largest absolute Gasteiger partial charge is 0.311 e. The highest BCUT2D eigenvalue weighted by Gasteiger charge is 2.46. The molecule has 0 fully saturated rings. The van der Waals surface area contributed by atoms with Gasteiger partial charge in [0.25, 0.3) is 6.71 Å². The summed E-state index contributed by atoms with van der Waals surface area (Å²) in [5.74, 6) is 0. The Morgan fingerprint density at radius 2 is 0.870 bits per heavy atom. The van der Waals surface area contributed by atoms with E-state index in [0.29, 0.717) is 0 Å². The fraction of sp³-hybridized carbons (Fsp3) is 0.222. The number of anilines is 9. The van der Waals surface area contributed by atoms with Crippen LogP contribution in [-0.2, 0) is 21.7 Å². The van der Waals surface area contributed by atoms with Crippen LogP contribution in [0.15, 0.2) is 206 Å². The third-order valence-corrected chi connectivity index (χ3v) is 17.3. The molecule has 0 saturated heterocycles. The average Bonchev–Trinajstić information content (AvgIpc) is 3.92. The molecule has 382 valence electrons. The third kappa shape index (κ3) is 8.97. The van der Waals surface area contributed by atoms with Crippen LogP contribution >= 0.6 is 11.3 Å². The van der Waals surface area contributed by atoms with Gasteiger partial charge in [-0.15, -0.1) is 11.3 Å². The summed E-state index contributed by atoms with van der Waals surface area (Å²) in [6.07, 6.45) is 0. The second-order valence-corrected chi connectivity index (χ2v) is 26.6. The fourth-order valence-corrected chi connectivity index (χ4v) is 13.0. The molecule has 12 rings (SSSR count). The van der Waals surface area contributed by atoms with Crippen LogP contribution < -0.4 is 30.4 Å². The highest BCUT2D eigenvalue weighted by Crippen LogP contribution is 2.51. The van der Waals surface area contributed by atoms with Crippen molar-refractivity contribution in [1.29, 1.82) is 0 Å². The normalized spacial score (nSPS) is 13.4. The van der Waals surface area contributed by atoms with Crippen LogP contribution in [-0.4, -0.2) is 6.71 Å². The predicted molar refractivity (Wildman–Crippen MR) is 336 cm³/mol. The number of hydrogen-bond acceptors (Lipinski definition) is 4. The van der Waals surface area contributed by atoms with Gasteiger partial charge in [-0.1, -0.05) is 204 Å². The van der Waals surface area contributed by atoms with Gasteiger partial charge in [0.2, 0.25) is 0 Å². The van der Waals surface area contributed by atoms with Gasteiger partial charge in [0.05, 0.1) is 11.4 Å². The van der Waals surface area contributed by atoms with Crippen LogP contribution in [0.25, 0.3) is 32.3 Å². The van der Waals surface area contributed by atoms with Crippen molar-refractivity contribution < 1.29 is 0 Å². The van der Waals surface area contributed by atoms with Gasteiger partial charge in [-0.05, 0) is 156 Å². The van der Waals surface area contributed by atoms with Gasteiger partial charge < -0.3 is 14.7 Å². The Balaban J connectivity index is 1.15. The van der Waals surface area contributed by atoms with E-state index < -0.39 is 0 Å². The van der Waals surface area contributed by atoms with Gasteiger partial charge in [0.1, 0.15) is 0 Å². The first-order chi connectivity index (χ1) is 36.7. The lowest BCUT2D eigenvalue weighted by Crippen LogP contribution is -2.60. The molecule has 0 bridgehead atoms. The van der Waals surface area contributed by atoms with E-state index in [2.05, 4.69) is 304 Å². The Kier molecular flexibility index (Phi) is 12.1. The van der Waals surface area contributed by atoms with Crippen LogP contribution in [0.3, 0.4) is 0 Å². The molecule has 9 aromatic carbocycles. The van der Waals surface area contributed by atoms with E-state index in [1.165, 1.54) is 98.7 Å². The SMILES string of the molecule is CC(C)(C)c1ccc(N(c2ccc(-c3ccccc3)cc2)c2ccc3c(c2)N(c2ccc(C(C)(C)C)cc2-c2ccccc2)c2cccc4c2B3c2sc3ccc(C(C)(C)C)cc3c2N4c2ccc(C(C)(C)C)cc2)cc1.